The fourth-order valence-electron chi connectivity index (χ4n) is 2.12. The number of ether oxygens (including phenoxy) is 1. The Bertz CT molecular complexity index is 459. The molecule has 1 aliphatic rings. The van der Waals surface area contributed by atoms with E-state index in [0.29, 0.717) is 6.61 Å². The third kappa shape index (κ3) is 5.46. The molecule has 1 aromatic carbocycles. The molecular weight excluding hydrogens is 270 g/mol. The van der Waals surface area contributed by atoms with Gasteiger partial charge in [-0.3, -0.25) is 4.90 Å². The molecule has 0 aromatic heterocycles. The second-order valence-corrected chi connectivity index (χ2v) is 5.87. The maximum Gasteiger partial charge on any atom is 0.120 e. The quantitative estimate of drug-likeness (QED) is 0.858. The van der Waals surface area contributed by atoms with E-state index in [9.17, 15) is 0 Å². The fourth-order valence-corrected chi connectivity index (χ4v) is 3.04. The molecule has 3 nitrogen and oxygen atoms in total. The Balaban J connectivity index is 1.78. The van der Waals surface area contributed by atoms with Gasteiger partial charge in [-0.1, -0.05) is 17.9 Å². The number of benzene rings is 1. The SMILES string of the molecule is OCC#Cc1cccc(OCCN2CCCSCC2)c1. The van der Waals surface area contributed by atoms with E-state index in [2.05, 4.69) is 16.7 Å². The summed E-state index contributed by atoms with van der Waals surface area (Å²) in [5, 5.41) is 8.69. The average Bonchev–Trinajstić information content (AvgIpc) is 2.74. The highest BCUT2D eigenvalue weighted by Gasteiger charge is 2.08. The third-order valence-corrected chi connectivity index (χ3v) is 4.19. The van der Waals surface area contributed by atoms with Crippen molar-refractivity contribution < 1.29 is 9.84 Å². The summed E-state index contributed by atoms with van der Waals surface area (Å²) in [6, 6.07) is 7.71. The van der Waals surface area contributed by atoms with Crippen LogP contribution in [0.3, 0.4) is 0 Å². The predicted molar refractivity (Wildman–Crippen MR) is 84.3 cm³/mol. The molecule has 20 heavy (non-hydrogen) atoms. The van der Waals surface area contributed by atoms with Crippen molar-refractivity contribution in [2.45, 2.75) is 6.42 Å². The van der Waals surface area contributed by atoms with Crippen molar-refractivity contribution in [1.82, 2.24) is 4.90 Å². The van der Waals surface area contributed by atoms with Gasteiger partial charge in [-0.25, -0.2) is 0 Å². The summed E-state index contributed by atoms with van der Waals surface area (Å²) in [7, 11) is 0. The zero-order chi connectivity index (χ0) is 14.0. The lowest BCUT2D eigenvalue weighted by Crippen LogP contribution is -2.30. The number of aliphatic hydroxyl groups is 1. The monoisotopic (exact) mass is 291 g/mol. The van der Waals surface area contributed by atoms with Gasteiger partial charge in [0.2, 0.25) is 0 Å². The Morgan fingerprint density at radius 3 is 3.15 bits per heavy atom. The van der Waals surface area contributed by atoms with Gasteiger partial charge in [0.25, 0.3) is 0 Å². The first-order valence-corrected chi connectivity index (χ1v) is 8.16. The van der Waals surface area contributed by atoms with E-state index < -0.39 is 0 Å². The molecule has 4 heteroatoms. The third-order valence-electron chi connectivity index (χ3n) is 3.14. The van der Waals surface area contributed by atoms with Crippen LogP contribution in [-0.2, 0) is 0 Å². The number of hydrogen-bond acceptors (Lipinski definition) is 4. The van der Waals surface area contributed by atoms with Gasteiger partial charge >= 0.3 is 0 Å². The number of thioether (sulfide) groups is 1. The van der Waals surface area contributed by atoms with Crippen LogP contribution in [0.25, 0.3) is 0 Å². The topological polar surface area (TPSA) is 32.7 Å². The van der Waals surface area contributed by atoms with Crippen molar-refractivity contribution in [3.05, 3.63) is 29.8 Å². The summed E-state index contributed by atoms with van der Waals surface area (Å²) in [6.07, 6.45) is 1.27. The molecule has 0 saturated carbocycles. The van der Waals surface area contributed by atoms with Crippen LogP contribution >= 0.6 is 11.8 Å². The van der Waals surface area contributed by atoms with Crippen LogP contribution in [0.5, 0.6) is 5.75 Å². The zero-order valence-electron chi connectivity index (χ0n) is 11.7. The fraction of sp³-hybridized carbons (Fsp3) is 0.500. The minimum absolute atomic E-state index is 0.113. The molecule has 0 unspecified atom stereocenters. The standard InChI is InChI=1S/C16H21NO2S/c18-10-2-5-15-4-1-6-16(14-15)19-11-8-17-7-3-12-20-13-9-17/h1,4,6,14,18H,3,7-13H2. The van der Waals surface area contributed by atoms with Crippen molar-refractivity contribution in [2.75, 3.05) is 44.4 Å². The second kappa shape index (κ2) is 8.91. The van der Waals surface area contributed by atoms with Gasteiger partial charge in [-0.2, -0.15) is 11.8 Å². The maximum absolute atomic E-state index is 8.69. The zero-order valence-corrected chi connectivity index (χ0v) is 12.5. The Labute approximate surface area is 125 Å². The molecule has 0 spiro atoms. The van der Waals surface area contributed by atoms with E-state index >= 15 is 0 Å². The first-order chi connectivity index (χ1) is 9.88. The van der Waals surface area contributed by atoms with Gasteiger partial charge in [-0.15, -0.1) is 0 Å². The molecule has 1 saturated heterocycles. The normalized spacial score (nSPS) is 16.1. The molecule has 1 aromatic rings. The molecule has 108 valence electrons. The molecule has 0 amide bonds. The van der Waals surface area contributed by atoms with E-state index in [1.807, 2.05) is 36.0 Å². The van der Waals surface area contributed by atoms with E-state index in [1.54, 1.807) is 0 Å². The predicted octanol–water partition coefficient (Wildman–Crippen LogP) is 1.85. The molecule has 1 heterocycles. The largest absolute Gasteiger partial charge is 0.492 e. The van der Waals surface area contributed by atoms with E-state index in [1.165, 1.54) is 24.5 Å². The lowest BCUT2D eigenvalue weighted by Gasteiger charge is -2.19. The van der Waals surface area contributed by atoms with Crippen molar-refractivity contribution in [1.29, 1.82) is 0 Å². The minimum Gasteiger partial charge on any atom is -0.492 e. The summed E-state index contributed by atoms with van der Waals surface area (Å²) in [5.41, 5.74) is 0.878. The Kier molecular flexibility index (Phi) is 6.79. The summed E-state index contributed by atoms with van der Waals surface area (Å²) < 4.78 is 5.79. The number of rotatable bonds is 4. The highest BCUT2D eigenvalue weighted by atomic mass is 32.2. The average molecular weight is 291 g/mol. The summed E-state index contributed by atoms with van der Waals surface area (Å²) in [6.45, 7) is 3.92. The number of aliphatic hydroxyl groups excluding tert-OH is 1. The van der Waals surface area contributed by atoms with Crippen LogP contribution in [0.4, 0.5) is 0 Å². The van der Waals surface area contributed by atoms with E-state index in [-0.39, 0.29) is 6.61 Å². The molecule has 0 aliphatic carbocycles. The highest BCUT2D eigenvalue weighted by molar-refractivity contribution is 7.99. The van der Waals surface area contributed by atoms with Crippen molar-refractivity contribution >= 4 is 11.8 Å². The van der Waals surface area contributed by atoms with Crippen LogP contribution in [0.15, 0.2) is 24.3 Å². The van der Waals surface area contributed by atoms with Crippen molar-refractivity contribution in [3.63, 3.8) is 0 Å². The Morgan fingerprint density at radius 2 is 2.25 bits per heavy atom. The molecule has 0 atom stereocenters. The van der Waals surface area contributed by atoms with Crippen molar-refractivity contribution in [3.8, 4) is 17.6 Å². The lowest BCUT2D eigenvalue weighted by atomic mass is 10.2. The van der Waals surface area contributed by atoms with Gasteiger partial charge in [-0.05, 0) is 36.9 Å². The Hall–Kier alpha value is -1.15. The van der Waals surface area contributed by atoms with Gasteiger partial charge < -0.3 is 9.84 Å². The number of nitrogens with zero attached hydrogens (tertiary/aromatic N) is 1. The van der Waals surface area contributed by atoms with E-state index in [0.717, 1.165) is 24.4 Å². The molecule has 2 rings (SSSR count). The molecule has 0 radical (unpaired) electrons. The summed E-state index contributed by atoms with van der Waals surface area (Å²) >= 11 is 2.04. The van der Waals surface area contributed by atoms with Gasteiger partial charge in [0.05, 0.1) is 0 Å². The van der Waals surface area contributed by atoms with Crippen LogP contribution in [0.2, 0.25) is 0 Å². The summed E-state index contributed by atoms with van der Waals surface area (Å²) in [4.78, 5) is 2.47. The van der Waals surface area contributed by atoms with Crippen LogP contribution < -0.4 is 4.74 Å². The van der Waals surface area contributed by atoms with Crippen molar-refractivity contribution in [2.24, 2.45) is 0 Å². The summed E-state index contributed by atoms with van der Waals surface area (Å²) in [5.74, 6) is 8.89. The van der Waals surface area contributed by atoms with E-state index in [4.69, 9.17) is 9.84 Å². The first kappa shape index (κ1) is 15.2. The molecule has 1 aliphatic heterocycles. The van der Waals surface area contributed by atoms with Crippen LogP contribution in [0, 0.1) is 11.8 Å². The van der Waals surface area contributed by atoms with Gasteiger partial charge in [0, 0.05) is 24.4 Å². The lowest BCUT2D eigenvalue weighted by molar-refractivity contribution is 0.219. The van der Waals surface area contributed by atoms with Crippen LogP contribution in [-0.4, -0.2) is 54.4 Å². The second-order valence-electron chi connectivity index (χ2n) is 4.64. The maximum atomic E-state index is 8.69. The smallest absolute Gasteiger partial charge is 0.120 e. The molecule has 1 N–H and O–H groups in total. The van der Waals surface area contributed by atoms with Gasteiger partial charge in [0.1, 0.15) is 19.0 Å². The molecular formula is C16H21NO2S. The van der Waals surface area contributed by atoms with Crippen LogP contribution in [0.1, 0.15) is 12.0 Å². The molecule has 1 fully saturated rings. The van der Waals surface area contributed by atoms with Gasteiger partial charge in [0.15, 0.2) is 0 Å². The Morgan fingerprint density at radius 1 is 1.30 bits per heavy atom. The minimum atomic E-state index is -0.113. The molecule has 0 bridgehead atoms. The highest BCUT2D eigenvalue weighted by Crippen LogP contribution is 2.13. The first-order valence-electron chi connectivity index (χ1n) is 7.01. The number of hydrogen-bond donors (Lipinski definition) is 1.